The minimum absolute atomic E-state index is 0.462. The fourth-order valence-electron chi connectivity index (χ4n) is 5.07. The van der Waals surface area contributed by atoms with Gasteiger partial charge in [-0.15, -0.1) is 0 Å². The Morgan fingerprint density at radius 3 is 1.89 bits per heavy atom. The van der Waals surface area contributed by atoms with Crippen molar-refractivity contribution < 1.29 is 0 Å². The van der Waals surface area contributed by atoms with Gasteiger partial charge in [-0.2, -0.15) is 0 Å². The minimum atomic E-state index is 0.462. The van der Waals surface area contributed by atoms with E-state index in [9.17, 15) is 0 Å². The monoisotopic (exact) mass is 484 g/mol. The van der Waals surface area contributed by atoms with Gasteiger partial charge in [0.05, 0.1) is 0 Å². The summed E-state index contributed by atoms with van der Waals surface area (Å²) in [7, 11) is 2.19. The average Bonchev–Trinajstić information content (AvgIpc) is 3.42. The van der Waals surface area contributed by atoms with Gasteiger partial charge in [-0.05, 0) is 87.1 Å². The van der Waals surface area contributed by atoms with Gasteiger partial charge in [0.1, 0.15) is 0 Å². The van der Waals surface area contributed by atoms with E-state index in [4.69, 9.17) is 0 Å². The van der Waals surface area contributed by atoms with Crippen molar-refractivity contribution >= 4 is 0 Å². The highest BCUT2D eigenvalue weighted by atomic mass is 15.1. The number of nitrogens with one attached hydrogen (secondary N) is 2. The molecule has 0 amide bonds. The van der Waals surface area contributed by atoms with Crippen molar-refractivity contribution in [3.05, 3.63) is 102 Å². The second kappa shape index (κ2) is 14.6. The molecule has 0 spiro atoms. The zero-order valence-electron chi connectivity index (χ0n) is 21.5. The molecule has 0 bridgehead atoms. The van der Waals surface area contributed by atoms with Crippen LogP contribution in [0.5, 0.6) is 0 Å². The molecule has 0 aromatic carbocycles. The van der Waals surface area contributed by atoms with Crippen LogP contribution in [0.1, 0.15) is 73.3 Å². The smallest absolute Gasteiger partial charge is 0.0372 e. The normalized spacial score (nSPS) is 23.6. The molecular weight excluding hydrogens is 444 g/mol. The third kappa shape index (κ3) is 8.05. The maximum atomic E-state index is 4.14. The van der Waals surface area contributed by atoms with E-state index in [0.29, 0.717) is 18.1 Å². The van der Waals surface area contributed by atoms with Crippen molar-refractivity contribution in [2.45, 2.75) is 56.7 Å². The van der Waals surface area contributed by atoms with Crippen molar-refractivity contribution in [2.75, 3.05) is 26.7 Å². The van der Waals surface area contributed by atoms with Crippen LogP contribution >= 0.6 is 0 Å². The highest BCUT2D eigenvalue weighted by Gasteiger charge is 2.22. The number of pyridine rings is 3. The largest absolute Gasteiger partial charge is 0.310 e. The molecule has 6 rings (SSSR count). The van der Waals surface area contributed by atoms with E-state index in [1.165, 1.54) is 55.3 Å². The summed E-state index contributed by atoms with van der Waals surface area (Å²) in [4.78, 5) is 14.8. The summed E-state index contributed by atoms with van der Waals surface area (Å²) in [5.41, 5.74) is 3.97. The molecule has 2 fully saturated rings. The Hall–Kier alpha value is -2.93. The molecule has 3 atom stereocenters. The lowest BCUT2D eigenvalue weighted by Gasteiger charge is -2.23. The fourth-order valence-corrected chi connectivity index (χ4v) is 5.07. The number of hydrogen-bond acceptors (Lipinski definition) is 6. The van der Waals surface area contributed by atoms with Gasteiger partial charge >= 0.3 is 0 Å². The summed E-state index contributed by atoms with van der Waals surface area (Å²) in [5, 5.41) is 6.90. The first-order chi connectivity index (χ1) is 17.8. The molecule has 6 nitrogen and oxygen atoms in total. The van der Waals surface area contributed by atoms with Crippen LogP contribution in [0, 0.1) is 0 Å². The maximum Gasteiger partial charge on any atom is 0.0372 e. The predicted molar refractivity (Wildman–Crippen MR) is 146 cm³/mol. The van der Waals surface area contributed by atoms with Gasteiger partial charge in [0, 0.05) is 61.9 Å². The van der Waals surface area contributed by atoms with Crippen LogP contribution in [0.25, 0.3) is 0 Å². The summed E-state index contributed by atoms with van der Waals surface area (Å²) in [5.74, 6) is 0. The fraction of sp³-hybridized carbons (Fsp3) is 0.433. The average molecular weight is 485 g/mol. The Labute approximate surface area is 216 Å². The molecule has 0 aliphatic carbocycles. The highest BCUT2D eigenvalue weighted by Crippen LogP contribution is 2.29. The van der Waals surface area contributed by atoms with E-state index >= 15 is 0 Å². The molecule has 2 saturated heterocycles. The molecule has 190 valence electrons. The first-order valence-corrected chi connectivity index (χ1v) is 13.3. The molecular formula is C30H40N6. The van der Waals surface area contributed by atoms with Gasteiger partial charge in [-0.3, -0.25) is 19.9 Å². The quantitative estimate of drug-likeness (QED) is 0.484. The number of rotatable bonds is 3. The lowest BCUT2D eigenvalue weighted by molar-refractivity contribution is 0.317. The topological polar surface area (TPSA) is 66.0 Å². The van der Waals surface area contributed by atoms with E-state index < -0.39 is 0 Å². The van der Waals surface area contributed by atoms with Gasteiger partial charge in [0.25, 0.3) is 0 Å². The van der Waals surface area contributed by atoms with E-state index in [0.717, 1.165) is 19.5 Å². The molecule has 3 aromatic heterocycles. The number of nitrogens with zero attached hydrogens (tertiary/aromatic N) is 4. The lowest BCUT2D eigenvalue weighted by atomic mass is 9.99. The van der Waals surface area contributed by atoms with Crippen LogP contribution in [0.4, 0.5) is 0 Å². The molecule has 3 aromatic rings. The zero-order chi connectivity index (χ0) is 24.8. The Morgan fingerprint density at radius 2 is 1.39 bits per heavy atom. The maximum absolute atomic E-state index is 4.14. The molecule has 0 radical (unpaired) electrons. The van der Waals surface area contributed by atoms with E-state index in [1.807, 2.05) is 55.4 Å². The first-order valence-electron chi connectivity index (χ1n) is 13.3. The molecule has 6 heteroatoms. The van der Waals surface area contributed by atoms with Crippen molar-refractivity contribution in [3.63, 3.8) is 0 Å². The predicted octanol–water partition coefficient (Wildman–Crippen LogP) is 5.42. The van der Waals surface area contributed by atoms with Crippen molar-refractivity contribution in [1.29, 1.82) is 0 Å². The van der Waals surface area contributed by atoms with Crippen LogP contribution in [0.15, 0.2) is 85.7 Å². The van der Waals surface area contributed by atoms with Crippen LogP contribution in [0.2, 0.25) is 0 Å². The molecule has 3 aliphatic heterocycles. The van der Waals surface area contributed by atoms with Crippen LogP contribution in [-0.2, 0) is 0 Å². The Balaban J connectivity index is 0.000000127. The number of piperidine rings is 1. The molecule has 0 unspecified atom stereocenters. The van der Waals surface area contributed by atoms with Crippen LogP contribution in [-0.4, -0.2) is 46.5 Å². The molecule has 2 N–H and O–H groups in total. The summed E-state index contributed by atoms with van der Waals surface area (Å²) in [6, 6.07) is 14.1. The Kier molecular flexibility index (Phi) is 10.6. The summed E-state index contributed by atoms with van der Waals surface area (Å²) < 4.78 is 0. The third-order valence-electron chi connectivity index (χ3n) is 7.09. The van der Waals surface area contributed by atoms with Gasteiger partial charge in [-0.25, -0.2) is 0 Å². The molecule has 0 saturated carbocycles. The Morgan fingerprint density at radius 1 is 0.722 bits per heavy atom. The standard InChI is InChI=1S/2C10H14N2.C10H12N2/c1-12-7-3-5-10(12)9-4-2-6-11-8-9;2*1-2-7-12-10(5-1)9-4-3-6-11-8-9/h2,4,6,8,10H,3,5,7H2,1H3;3-4,6,8,10,12H,1-2,5,7H2;1-4,6,8,10,12H,5,7H2/t3*10-/m000/s1. The number of hydrogen-bond donors (Lipinski definition) is 2. The number of likely N-dealkylation sites (tertiary alicyclic amines) is 1. The zero-order valence-corrected chi connectivity index (χ0v) is 21.5. The van der Waals surface area contributed by atoms with E-state index in [-0.39, 0.29) is 0 Å². The van der Waals surface area contributed by atoms with Crippen molar-refractivity contribution in [2.24, 2.45) is 0 Å². The second-order valence-corrected chi connectivity index (χ2v) is 9.67. The number of aromatic nitrogens is 3. The van der Waals surface area contributed by atoms with Gasteiger partial charge in [-0.1, -0.05) is 36.8 Å². The molecule has 3 aliphatic rings. The minimum Gasteiger partial charge on any atom is -0.310 e. The highest BCUT2D eigenvalue weighted by molar-refractivity contribution is 5.17. The second-order valence-electron chi connectivity index (χ2n) is 9.67. The van der Waals surface area contributed by atoms with Crippen molar-refractivity contribution in [1.82, 2.24) is 30.5 Å². The summed E-state index contributed by atoms with van der Waals surface area (Å²) in [6.45, 7) is 3.35. The van der Waals surface area contributed by atoms with Crippen LogP contribution < -0.4 is 10.6 Å². The van der Waals surface area contributed by atoms with Crippen molar-refractivity contribution in [3.8, 4) is 0 Å². The molecule has 6 heterocycles. The summed E-state index contributed by atoms with van der Waals surface area (Å²) >= 11 is 0. The van der Waals surface area contributed by atoms with Gasteiger partial charge in [0.2, 0.25) is 0 Å². The SMILES string of the molecule is C1=CC[C@@H](c2cccnc2)NC1.CN1CCC[C@H]1c1cccnc1.c1cncc([C@@H]2CCCCN2)c1. The lowest BCUT2D eigenvalue weighted by Crippen LogP contribution is -2.26. The van der Waals surface area contributed by atoms with Gasteiger partial charge in [0.15, 0.2) is 0 Å². The van der Waals surface area contributed by atoms with Crippen LogP contribution in [0.3, 0.4) is 0 Å². The van der Waals surface area contributed by atoms with E-state index in [1.54, 1.807) is 0 Å². The van der Waals surface area contributed by atoms with Gasteiger partial charge < -0.3 is 10.6 Å². The Bertz CT molecular complexity index is 1010. The van der Waals surface area contributed by atoms with E-state index in [2.05, 4.69) is 67.9 Å². The molecule has 36 heavy (non-hydrogen) atoms. The third-order valence-corrected chi connectivity index (χ3v) is 7.09. The summed E-state index contributed by atoms with van der Waals surface area (Å²) in [6.07, 6.45) is 23.3. The first kappa shape index (κ1) is 26.1.